The molecule has 1 amide bonds. The monoisotopic (exact) mass is 305 g/mol. The lowest BCUT2D eigenvalue weighted by atomic mass is 10.2. The van der Waals surface area contributed by atoms with Gasteiger partial charge >= 0.3 is 6.09 Å². The minimum absolute atomic E-state index is 0.214. The second kappa shape index (κ2) is 6.46. The Balaban J connectivity index is 1.95. The zero-order valence-corrected chi connectivity index (χ0v) is 14.3. The summed E-state index contributed by atoms with van der Waals surface area (Å²) < 4.78 is 5.43. The predicted molar refractivity (Wildman–Crippen MR) is 90.8 cm³/mol. The van der Waals surface area contributed by atoms with E-state index in [1.54, 1.807) is 4.90 Å². The Hall–Kier alpha value is -1.91. The second-order valence-electron chi connectivity index (χ2n) is 6.87. The molecule has 0 atom stereocenters. The minimum Gasteiger partial charge on any atom is -0.444 e. The highest BCUT2D eigenvalue weighted by Crippen LogP contribution is 2.22. The average Bonchev–Trinajstić information content (AvgIpc) is 2.46. The van der Waals surface area contributed by atoms with Crippen molar-refractivity contribution in [3.8, 4) is 0 Å². The lowest BCUT2D eigenvalue weighted by molar-refractivity contribution is 0.0240. The van der Waals surface area contributed by atoms with Crippen molar-refractivity contribution >= 4 is 17.5 Å². The van der Waals surface area contributed by atoms with Crippen LogP contribution in [-0.2, 0) is 4.74 Å². The third kappa shape index (κ3) is 4.29. The van der Waals surface area contributed by atoms with Gasteiger partial charge in [0.1, 0.15) is 5.60 Å². The van der Waals surface area contributed by atoms with Crippen LogP contribution in [-0.4, -0.2) is 56.9 Å². The summed E-state index contributed by atoms with van der Waals surface area (Å²) in [6, 6.07) is 8.48. The maximum Gasteiger partial charge on any atom is 0.410 e. The molecule has 0 aromatic heterocycles. The van der Waals surface area contributed by atoms with E-state index in [1.165, 1.54) is 11.4 Å². The highest BCUT2D eigenvalue weighted by Gasteiger charge is 2.25. The molecule has 1 saturated heterocycles. The number of piperazine rings is 1. The van der Waals surface area contributed by atoms with Crippen LogP contribution in [0.25, 0.3) is 0 Å². The minimum atomic E-state index is -0.436. The molecule has 122 valence electrons. The van der Waals surface area contributed by atoms with Crippen molar-refractivity contribution in [3.05, 3.63) is 24.3 Å². The highest BCUT2D eigenvalue weighted by atomic mass is 16.6. The van der Waals surface area contributed by atoms with Gasteiger partial charge in [-0.15, -0.1) is 0 Å². The van der Waals surface area contributed by atoms with E-state index >= 15 is 0 Å². The molecule has 1 heterocycles. The molecule has 0 spiro atoms. The Morgan fingerprint density at radius 2 is 1.77 bits per heavy atom. The lowest BCUT2D eigenvalue weighted by Gasteiger charge is -2.37. The summed E-state index contributed by atoms with van der Waals surface area (Å²) in [5, 5.41) is 0. The fraction of sp³-hybridized carbons (Fsp3) is 0.588. The Morgan fingerprint density at radius 1 is 1.14 bits per heavy atom. The standard InChI is InChI=1S/C17H27N3O2/c1-17(2,3)22-16(21)20-11-9-19(10-12-20)15-8-6-7-14(13-15)18(4)5/h6-8,13H,9-12H2,1-5H3. The molecule has 0 unspecified atom stereocenters. The third-order valence-electron chi connectivity index (χ3n) is 3.64. The molecule has 2 rings (SSSR count). The van der Waals surface area contributed by atoms with Crippen LogP contribution in [0, 0.1) is 0 Å². The molecule has 0 saturated carbocycles. The van der Waals surface area contributed by atoms with Crippen LogP contribution in [0.2, 0.25) is 0 Å². The fourth-order valence-corrected chi connectivity index (χ4v) is 2.44. The normalized spacial score (nSPS) is 15.7. The van der Waals surface area contributed by atoms with Gasteiger partial charge < -0.3 is 19.4 Å². The quantitative estimate of drug-likeness (QED) is 0.842. The molecule has 5 nitrogen and oxygen atoms in total. The van der Waals surface area contributed by atoms with Gasteiger partial charge in [0.15, 0.2) is 0 Å². The van der Waals surface area contributed by atoms with Gasteiger partial charge in [-0.25, -0.2) is 4.79 Å². The predicted octanol–water partition coefficient (Wildman–Crippen LogP) is 2.81. The topological polar surface area (TPSA) is 36.0 Å². The first-order chi connectivity index (χ1) is 10.3. The Kier molecular flexibility index (Phi) is 4.84. The number of rotatable bonds is 2. The number of nitrogens with zero attached hydrogens (tertiary/aromatic N) is 3. The molecular formula is C17H27N3O2. The SMILES string of the molecule is CN(C)c1cccc(N2CCN(C(=O)OC(C)(C)C)CC2)c1. The highest BCUT2D eigenvalue weighted by molar-refractivity contribution is 5.69. The van der Waals surface area contributed by atoms with E-state index in [2.05, 4.69) is 34.1 Å². The Labute approximate surface area is 133 Å². The number of ether oxygens (including phenoxy) is 1. The molecule has 1 aromatic carbocycles. The molecule has 1 aromatic rings. The number of carbonyl (C=O) groups is 1. The average molecular weight is 305 g/mol. The van der Waals surface area contributed by atoms with Gasteiger partial charge in [0, 0.05) is 51.6 Å². The van der Waals surface area contributed by atoms with E-state index in [9.17, 15) is 4.79 Å². The van der Waals surface area contributed by atoms with Crippen LogP contribution in [0.3, 0.4) is 0 Å². The number of anilines is 2. The number of amides is 1. The number of carbonyl (C=O) groups excluding carboxylic acids is 1. The first-order valence-corrected chi connectivity index (χ1v) is 7.76. The molecular weight excluding hydrogens is 278 g/mol. The van der Waals surface area contributed by atoms with Gasteiger partial charge in [-0.3, -0.25) is 0 Å². The maximum absolute atomic E-state index is 12.1. The molecule has 0 aliphatic carbocycles. The second-order valence-corrected chi connectivity index (χ2v) is 6.87. The zero-order valence-electron chi connectivity index (χ0n) is 14.3. The van der Waals surface area contributed by atoms with Crippen LogP contribution in [0.4, 0.5) is 16.2 Å². The van der Waals surface area contributed by atoms with Crippen molar-refractivity contribution in [3.63, 3.8) is 0 Å². The van der Waals surface area contributed by atoms with Crippen molar-refractivity contribution in [2.75, 3.05) is 50.1 Å². The number of hydrogen-bond acceptors (Lipinski definition) is 4. The van der Waals surface area contributed by atoms with E-state index in [1.807, 2.05) is 34.9 Å². The van der Waals surface area contributed by atoms with Gasteiger partial charge in [-0.2, -0.15) is 0 Å². The maximum atomic E-state index is 12.1. The molecule has 1 fully saturated rings. The molecule has 1 aliphatic rings. The first kappa shape index (κ1) is 16.5. The molecule has 22 heavy (non-hydrogen) atoms. The Bertz CT molecular complexity index is 515. The van der Waals surface area contributed by atoms with Gasteiger partial charge in [-0.05, 0) is 39.0 Å². The summed E-state index contributed by atoms with van der Waals surface area (Å²) in [6.45, 7) is 8.74. The van der Waals surface area contributed by atoms with Crippen LogP contribution in [0.5, 0.6) is 0 Å². The molecule has 0 N–H and O–H groups in total. The van der Waals surface area contributed by atoms with E-state index in [0.29, 0.717) is 13.1 Å². The third-order valence-corrected chi connectivity index (χ3v) is 3.64. The van der Waals surface area contributed by atoms with Crippen molar-refractivity contribution in [2.45, 2.75) is 26.4 Å². The van der Waals surface area contributed by atoms with Crippen LogP contribution < -0.4 is 9.80 Å². The van der Waals surface area contributed by atoms with Gasteiger partial charge in [-0.1, -0.05) is 6.07 Å². The number of benzene rings is 1. The summed E-state index contributed by atoms with van der Waals surface area (Å²) in [7, 11) is 4.08. The summed E-state index contributed by atoms with van der Waals surface area (Å²) in [5.41, 5.74) is 1.95. The van der Waals surface area contributed by atoms with Crippen molar-refractivity contribution in [2.24, 2.45) is 0 Å². The van der Waals surface area contributed by atoms with Gasteiger partial charge in [0.2, 0.25) is 0 Å². The van der Waals surface area contributed by atoms with Gasteiger partial charge in [0.05, 0.1) is 0 Å². The van der Waals surface area contributed by atoms with Crippen molar-refractivity contribution < 1.29 is 9.53 Å². The lowest BCUT2D eigenvalue weighted by Crippen LogP contribution is -2.50. The van der Waals surface area contributed by atoms with Gasteiger partial charge in [0.25, 0.3) is 0 Å². The van der Waals surface area contributed by atoms with E-state index in [0.717, 1.165) is 13.1 Å². The van der Waals surface area contributed by atoms with E-state index in [-0.39, 0.29) is 6.09 Å². The fourth-order valence-electron chi connectivity index (χ4n) is 2.44. The Morgan fingerprint density at radius 3 is 2.32 bits per heavy atom. The first-order valence-electron chi connectivity index (χ1n) is 7.76. The summed E-state index contributed by atoms with van der Waals surface area (Å²) >= 11 is 0. The van der Waals surface area contributed by atoms with Crippen LogP contribution >= 0.6 is 0 Å². The smallest absolute Gasteiger partial charge is 0.410 e. The van der Waals surface area contributed by atoms with Crippen molar-refractivity contribution in [1.29, 1.82) is 0 Å². The van der Waals surface area contributed by atoms with E-state index < -0.39 is 5.60 Å². The van der Waals surface area contributed by atoms with Crippen LogP contribution in [0.15, 0.2) is 24.3 Å². The molecule has 0 bridgehead atoms. The van der Waals surface area contributed by atoms with E-state index in [4.69, 9.17) is 4.74 Å². The summed E-state index contributed by atoms with van der Waals surface area (Å²) in [6.07, 6.45) is -0.214. The summed E-state index contributed by atoms with van der Waals surface area (Å²) in [5.74, 6) is 0. The van der Waals surface area contributed by atoms with Crippen molar-refractivity contribution in [1.82, 2.24) is 4.90 Å². The molecule has 1 aliphatic heterocycles. The van der Waals surface area contributed by atoms with Crippen LogP contribution in [0.1, 0.15) is 20.8 Å². The zero-order chi connectivity index (χ0) is 16.3. The molecule has 5 heteroatoms. The largest absolute Gasteiger partial charge is 0.444 e. The number of hydrogen-bond donors (Lipinski definition) is 0. The molecule has 0 radical (unpaired) electrons. The summed E-state index contributed by atoms with van der Waals surface area (Å²) in [4.78, 5) is 18.3.